The molecule has 2 aromatic heterocycles. The van der Waals surface area contributed by atoms with Crippen molar-refractivity contribution in [2.75, 3.05) is 0 Å². The van der Waals surface area contributed by atoms with Gasteiger partial charge in [0.2, 0.25) is 0 Å². The third-order valence-corrected chi connectivity index (χ3v) is 4.43. The van der Waals surface area contributed by atoms with E-state index in [-0.39, 0.29) is 11.6 Å². The van der Waals surface area contributed by atoms with Crippen LogP contribution in [-0.4, -0.2) is 30.4 Å². The fraction of sp³-hybridized carbons (Fsp3) is 0.278. The van der Waals surface area contributed by atoms with Crippen molar-refractivity contribution in [3.8, 4) is 0 Å². The molecular weight excluding hydrogens is 348 g/mol. The lowest BCUT2D eigenvalue weighted by Gasteiger charge is -2.07. The van der Waals surface area contributed by atoms with Crippen LogP contribution in [0, 0.1) is 24.0 Å². The largest absolute Gasteiger partial charge is 0.346 e. The lowest BCUT2D eigenvalue weighted by Crippen LogP contribution is -2.24. The van der Waals surface area contributed by atoms with Crippen LogP contribution in [0.3, 0.4) is 0 Å². The Hall–Kier alpha value is -3.49. The van der Waals surface area contributed by atoms with E-state index in [2.05, 4.69) is 15.5 Å². The van der Waals surface area contributed by atoms with E-state index in [1.807, 2.05) is 25.2 Å². The van der Waals surface area contributed by atoms with Gasteiger partial charge in [-0.25, -0.2) is 0 Å². The van der Waals surface area contributed by atoms with E-state index in [0.717, 1.165) is 11.3 Å². The number of rotatable bonds is 6. The van der Waals surface area contributed by atoms with Gasteiger partial charge in [0, 0.05) is 18.8 Å². The van der Waals surface area contributed by atoms with Crippen molar-refractivity contribution >= 4 is 11.6 Å². The zero-order chi connectivity index (χ0) is 19.6. The lowest BCUT2D eigenvalue weighted by atomic mass is 10.1. The standard InChI is InChI=1S/C18H20N6O3/c1-12-17(24(26)27)13(2)23(21-12)11-14-4-6-15(7-5-14)18(25)19-10-16-8-9-20-22(16)3/h4-9H,10-11H2,1-3H3,(H,19,25). The zero-order valence-electron chi connectivity index (χ0n) is 15.3. The van der Waals surface area contributed by atoms with Crippen LogP contribution in [-0.2, 0) is 20.1 Å². The average molecular weight is 368 g/mol. The Balaban J connectivity index is 1.67. The number of nitro groups is 1. The number of aromatic nitrogens is 4. The highest BCUT2D eigenvalue weighted by Gasteiger charge is 2.21. The molecule has 0 fully saturated rings. The van der Waals surface area contributed by atoms with Crippen LogP contribution in [0.5, 0.6) is 0 Å². The van der Waals surface area contributed by atoms with Gasteiger partial charge >= 0.3 is 5.69 Å². The van der Waals surface area contributed by atoms with Crippen molar-refractivity contribution < 1.29 is 9.72 Å². The van der Waals surface area contributed by atoms with E-state index >= 15 is 0 Å². The first-order valence-electron chi connectivity index (χ1n) is 8.39. The fourth-order valence-corrected chi connectivity index (χ4v) is 2.89. The molecule has 0 spiro atoms. The molecule has 1 amide bonds. The highest BCUT2D eigenvalue weighted by atomic mass is 16.6. The van der Waals surface area contributed by atoms with Gasteiger partial charge in [-0.05, 0) is 37.6 Å². The maximum absolute atomic E-state index is 12.3. The molecule has 0 unspecified atom stereocenters. The molecule has 0 saturated heterocycles. The van der Waals surface area contributed by atoms with E-state index in [0.29, 0.717) is 30.0 Å². The van der Waals surface area contributed by atoms with Crippen LogP contribution < -0.4 is 5.32 Å². The van der Waals surface area contributed by atoms with Crippen LogP contribution >= 0.6 is 0 Å². The molecule has 0 aliphatic rings. The number of carbonyl (C=O) groups excluding carboxylic acids is 1. The Morgan fingerprint density at radius 1 is 1.22 bits per heavy atom. The van der Waals surface area contributed by atoms with Crippen molar-refractivity contribution in [2.45, 2.75) is 26.9 Å². The zero-order valence-corrected chi connectivity index (χ0v) is 15.3. The van der Waals surface area contributed by atoms with Gasteiger partial charge in [-0.15, -0.1) is 0 Å². The molecule has 1 aromatic carbocycles. The molecule has 3 aromatic rings. The summed E-state index contributed by atoms with van der Waals surface area (Å²) in [5.74, 6) is -0.176. The van der Waals surface area contributed by atoms with Crippen LogP contribution in [0.1, 0.15) is 33.0 Å². The van der Waals surface area contributed by atoms with Crippen molar-refractivity contribution in [2.24, 2.45) is 7.05 Å². The monoisotopic (exact) mass is 368 g/mol. The third-order valence-electron chi connectivity index (χ3n) is 4.43. The summed E-state index contributed by atoms with van der Waals surface area (Å²) in [5.41, 5.74) is 3.30. The Morgan fingerprint density at radius 2 is 1.93 bits per heavy atom. The average Bonchev–Trinajstić information content (AvgIpc) is 3.16. The minimum absolute atomic E-state index is 0.0427. The molecular formula is C18H20N6O3. The molecule has 0 bridgehead atoms. The molecule has 140 valence electrons. The van der Waals surface area contributed by atoms with E-state index in [1.165, 1.54) is 0 Å². The predicted octanol–water partition coefficient (Wildman–Crippen LogP) is 2.12. The fourth-order valence-electron chi connectivity index (χ4n) is 2.89. The first kappa shape index (κ1) is 18.3. The van der Waals surface area contributed by atoms with Gasteiger partial charge < -0.3 is 5.32 Å². The summed E-state index contributed by atoms with van der Waals surface area (Å²) in [7, 11) is 1.82. The van der Waals surface area contributed by atoms with Gasteiger partial charge in [0.25, 0.3) is 5.91 Å². The van der Waals surface area contributed by atoms with Crippen molar-refractivity contribution in [1.29, 1.82) is 0 Å². The van der Waals surface area contributed by atoms with Crippen LogP contribution in [0.25, 0.3) is 0 Å². The minimum Gasteiger partial charge on any atom is -0.346 e. The number of nitrogens with one attached hydrogen (secondary N) is 1. The van der Waals surface area contributed by atoms with E-state index in [9.17, 15) is 14.9 Å². The summed E-state index contributed by atoms with van der Waals surface area (Å²) >= 11 is 0. The van der Waals surface area contributed by atoms with E-state index in [4.69, 9.17) is 0 Å². The molecule has 9 heteroatoms. The second kappa shape index (κ2) is 7.40. The topological polar surface area (TPSA) is 108 Å². The highest BCUT2D eigenvalue weighted by Crippen LogP contribution is 2.22. The Bertz CT molecular complexity index is 987. The highest BCUT2D eigenvalue weighted by molar-refractivity contribution is 5.94. The van der Waals surface area contributed by atoms with Gasteiger partial charge in [0.15, 0.2) is 0 Å². The number of nitrogens with zero attached hydrogens (tertiary/aromatic N) is 5. The van der Waals surface area contributed by atoms with Crippen LogP contribution in [0.4, 0.5) is 5.69 Å². The molecule has 27 heavy (non-hydrogen) atoms. The summed E-state index contributed by atoms with van der Waals surface area (Å²) in [6.45, 7) is 4.10. The summed E-state index contributed by atoms with van der Waals surface area (Å²) in [4.78, 5) is 22.9. The Kier molecular flexibility index (Phi) is 5.02. The van der Waals surface area contributed by atoms with E-state index < -0.39 is 4.92 Å². The molecule has 0 aliphatic carbocycles. The second-order valence-electron chi connectivity index (χ2n) is 6.26. The number of aryl methyl sites for hydroxylation is 2. The van der Waals surface area contributed by atoms with E-state index in [1.54, 1.807) is 41.5 Å². The van der Waals surface area contributed by atoms with Gasteiger partial charge in [-0.3, -0.25) is 24.3 Å². The number of carbonyl (C=O) groups is 1. The summed E-state index contributed by atoms with van der Waals surface area (Å²) in [6.07, 6.45) is 1.68. The van der Waals surface area contributed by atoms with Gasteiger partial charge in [-0.2, -0.15) is 10.2 Å². The summed E-state index contributed by atoms with van der Waals surface area (Å²) in [6, 6.07) is 8.95. The minimum atomic E-state index is -0.413. The number of benzene rings is 1. The SMILES string of the molecule is Cc1nn(Cc2ccc(C(=O)NCc3ccnn3C)cc2)c(C)c1[N+](=O)[O-]. The first-order valence-corrected chi connectivity index (χ1v) is 8.39. The smallest absolute Gasteiger partial charge is 0.312 e. The van der Waals surface area contributed by atoms with Crippen molar-refractivity contribution in [1.82, 2.24) is 24.9 Å². The Labute approximate surface area is 155 Å². The maximum atomic E-state index is 12.3. The third kappa shape index (κ3) is 3.86. The molecule has 2 heterocycles. The summed E-state index contributed by atoms with van der Waals surface area (Å²) < 4.78 is 3.31. The predicted molar refractivity (Wildman–Crippen MR) is 98.3 cm³/mol. The normalized spacial score (nSPS) is 10.8. The molecule has 9 nitrogen and oxygen atoms in total. The van der Waals surface area contributed by atoms with Crippen LogP contribution in [0.2, 0.25) is 0 Å². The molecule has 0 saturated carbocycles. The van der Waals surface area contributed by atoms with Gasteiger partial charge in [-0.1, -0.05) is 12.1 Å². The first-order chi connectivity index (χ1) is 12.9. The van der Waals surface area contributed by atoms with Gasteiger partial charge in [0.1, 0.15) is 11.4 Å². The molecule has 0 aliphatic heterocycles. The van der Waals surface area contributed by atoms with Gasteiger partial charge in [0.05, 0.1) is 23.7 Å². The molecule has 0 atom stereocenters. The van der Waals surface area contributed by atoms with Crippen molar-refractivity contribution in [3.05, 3.63) is 74.9 Å². The Morgan fingerprint density at radius 3 is 2.48 bits per heavy atom. The number of amides is 1. The quantitative estimate of drug-likeness (QED) is 0.530. The molecule has 0 radical (unpaired) electrons. The molecule has 1 N–H and O–H groups in total. The maximum Gasteiger partial charge on any atom is 0.312 e. The lowest BCUT2D eigenvalue weighted by molar-refractivity contribution is -0.386. The van der Waals surface area contributed by atoms with Crippen LogP contribution in [0.15, 0.2) is 36.5 Å². The van der Waals surface area contributed by atoms with Crippen molar-refractivity contribution in [3.63, 3.8) is 0 Å². The number of hydrogen-bond acceptors (Lipinski definition) is 5. The number of hydrogen-bond donors (Lipinski definition) is 1. The molecule has 3 rings (SSSR count). The second-order valence-corrected chi connectivity index (χ2v) is 6.26. The summed E-state index contributed by atoms with van der Waals surface area (Å²) in [5, 5.41) is 22.2.